The summed E-state index contributed by atoms with van der Waals surface area (Å²) in [7, 11) is 3.05. The normalized spacial score (nSPS) is 19.8. The van der Waals surface area contributed by atoms with Crippen LogP contribution in [0.2, 0.25) is 0 Å². The largest absolute Gasteiger partial charge is 0.497 e. The molecule has 2 aliphatic rings. The zero-order valence-electron chi connectivity index (χ0n) is 19.1. The summed E-state index contributed by atoms with van der Waals surface area (Å²) in [6.45, 7) is 2.22. The minimum absolute atomic E-state index is 0.0113. The lowest BCUT2D eigenvalue weighted by molar-refractivity contribution is -0.134. The van der Waals surface area contributed by atoms with E-state index in [1.165, 1.54) is 29.9 Å². The molecular formula is C28H30O4. The fourth-order valence-corrected chi connectivity index (χ4v) is 5.21. The summed E-state index contributed by atoms with van der Waals surface area (Å²) < 4.78 is 10.1. The summed E-state index contributed by atoms with van der Waals surface area (Å²) in [5, 5.41) is 0. The van der Waals surface area contributed by atoms with Crippen LogP contribution in [0.1, 0.15) is 61.3 Å². The molecule has 0 spiro atoms. The van der Waals surface area contributed by atoms with Crippen LogP contribution in [0, 0.1) is 5.41 Å². The van der Waals surface area contributed by atoms with Gasteiger partial charge in [0.25, 0.3) is 0 Å². The summed E-state index contributed by atoms with van der Waals surface area (Å²) in [6.07, 6.45) is 8.95. The molecule has 32 heavy (non-hydrogen) atoms. The van der Waals surface area contributed by atoms with Crippen molar-refractivity contribution in [2.45, 2.75) is 45.4 Å². The predicted octanol–water partition coefficient (Wildman–Crippen LogP) is 5.89. The molecule has 0 heterocycles. The third-order valence-electron chi connectivity index (χ3n) is 6.82. The van der Waals surface area contributed by atoms with E-state index in [9.17, 15) is 9.59 Å². The van der Waals surface area contributed by atoms with Gasteiger partial charge in [-0.25, -0.2) is 4.79 Å². The lowest BCUT2D eigenvalue weighted by Gasteiger charge is -2.36. The number of ether oxygens (including phenoxy) is 2. The van der Waals surface area contributed by atoms with E-state index < -0.39 is 0 Å². The van der Waals surface area contributed by atoms with E-state index in [0.29, 0.717) is 6.42 Å². The number of carbonyl (C=O) groups excluding carboxylic acids is 2. The smallest absolute Gasteiger partial charge is 0.330 e. The number of carbonyl (C=O) groups is 2. The maximum absolute atomic E-state index is 13.3. The molecule has 1 unspecified atom stereocenters. The van der Waals surface area contributed by atoms with Gasteiger partial charge in [0.2, 0.25) is 0 Å². The fraction of sp³-hybridized carbons (Fsp3) is 0.357. The minimum atomic E-state index is -0.389. The van der Waals surface area contributed by atoms with Gasteiger partial charge in [-0.1, -0.05) is 50.1 Å². The quantitative estimate of drug-likeness (QED) is 0.406. The van der Waals surface area contributed by atoms with Gasteiger partial charge in [-0.2, -0.15) is 0 Å². The molecular weight excluding hydrogens is 400 g/mol. The Labute approximate surface area is 189 Å². The molecule has 0 bridgehead atoms. The second-order valence-corrected chi connectivity index (χ2v) is 8.74. The molecule has 0 amide bonds. The van der Waals surface area contributed by atoms with Crippen LogP contribution in [0.25, 0.3) is 17.2 Å². The molecule has 0 saturated heterocycles. The van der Waals surface area contributed by atoms with Crippen molar-refractivity contribution in [1.82, 2.24) is 0 Å². The van der Waals surface area contributed by atoms with Gasteiger partial charge in [0, 0.05) is 23.5 Å². The van der Waals surface area contributed by atoms with Crippen molar-refractivity contribution in [3.8, 4) is 5.75 Å². The number of esters is 1. The van der Waals surface area contributed by atoms with Crippen LogP contribution in [-0.4, -0.2) is 26.0 Å². The Kier molecular flexibility index (Phi) is 6.31. The van der Waals surface area contributed by atoms with Gasteiger partial charge in [0.15, 0.2) is 5.78 Å². The highest BCUT2D eigenvalue weighted by atomic mass is 16.5. The third-order valence-corrected chi connectivity index (χ3v) is 6.82. The van der Waals surface area contributed by atoms with Crippen LogP contribution >= 0.6 is 0 Å². The molecule has 0 aliphatic heterocycles. The van der Waals surface area contributed by atoms with E-state index in [1.54, 1.807) is 13.2 Å². The monoisotopic (exact) mass is 430 g/mol. The van der Waals surface area contributed by atoms with Crippen molar-refractivity contribution in [3.05, 3.63) is 70.8 Å². The first-order chi connectivity index (χ1) is 15.5. The first kappa shape index (κ1) is 22.1. The summed E-state index contributed by atoms with van der Waals surface area (Å²) in [5.41, 5.74) is 6.40. The van der Waals surface area contributed by atoms with E-state index >= 15 is 0 Å². The number of hydrogen-bond acceptors (Lipinski definition) is 4. The average Bonchev–Trinajstić information content (AvgIpc) is 3.15. The molecule has 0 radical (unpaired) electrons. The molecule has 4 nitrogen and oxygen atoms in total. The predicted molar refractivity (Wildman–Crippen MR) is 127 cm³/mol. The number of allylic oxidation sites excluding steroid dienone is 2. The van der Waals surface area contributed by atoms with Gasteiger partial charge in [-0.15, -0.1) is 0 Å². The Morgan fingerprint density at radius 3 is 2.59 bits per heavy atom. The molecule has 0 N–H and O–H groups in total. The molecule has 0 fully saturated rings. The van der Waals surface area contributed by atoms with E-state index in [2.05, 4.69) is 23.8 Å². The minimum Gasteiger partial charge on any atom is -0.497 e. The lowest BCUT2D eigenvalue weighted by atomic mass is 9.66. The summed E-state index contributed by atoms with van der Waals surface area (Å²) in [6, 6.07) is 14.1. The van der Waals surface area contributed by atoms with Gasteiger partial charge in [-0.3, -0.25) is 4.79 Å². The zero-order valence-corrected chi connectivity index (χ0v) is 19.1. The van der Waals surface area contributed by atoms with Crippen LogP contribution in [0.4, 0.5) is 0 Å². The average molecular weight is 431 g/mol. The zero-order chi connectivity index (χ0) is 22.7. The van der Waals surface area contributed by atoms with E-state index in [1.807, 2.05) is 30.3 Å². The first-order valence-corrected chi connectivity index (χ1v) is 11.3. The Morgan fingerprint density at radius 2 is 1.91 bits per heavy atom. The van der Waals surface area contributed by atoms with Crippen LogP contribution < -0.4 is 4.74 Å². The van der Waals surface area contributed by atoms with E-state index in [4.69, 9.17) is 4.74 Å². The van der Waals surface area contributed by atoms with Crippen molar-refractivity contribution in [1.29, 1.82) is 0 Å². The fourth-order valence-electron chi connectivity index (χ4n) is 5.21. The molecule has 4 heteroatoms. The molecule has 2 aromatic carbocycles. The van der Waals surface area contributed by atoms with E-state index in [-0.39, 0.29) is 17.2 Å². The lowest BCUT2D eigenvalue weighted by Crippen LogP contribution is -2.28. The van der Waals surface area contributed by atoms with Gasteiger partial charge >= 0.3 is 5.97 Å². The molecule has 1 atom stereocenters. The number of Topliss-reactive ketones (excluding diaryl/α,β-unsaturated/α-hetero) is 1. The summed E-state index contributed by atoms with van der Waals surface area (Å²) in [4.78, 5) is 24.6. The summed E-state index contributed by atoms with van der Waals surface area (Å²) in [5.74, 6) is 0.692. The number of fused-ring (bicyclic) bond motifs is 3. The molecule has 0 saturated carbocycles. The maximum atomic E-state index is 13.3. The van der Waals surface area contributed by atoms with Crippen molar-refractivity contribution in [2.24, 2.45) is 5.41 Å². The molecule has 2 aromatic rings. The van der Waals surface area contributed by atoms with Crippen molar-refractivity contribution in [2.75, 3.05) is 14.2 Å². The molecule has 4 rings (SSSR count). The standard InChI is InChI=1S/C28H30O4/c1-4-5-15-28-16-14-24(29)26(20-9-6-19(7-10-20)8-13-25(30)32-3)27(28)23-12-11-22(31-2)17-21(23)18-28/h6-13,17H,4-5,14-16,18H2,1-3H3. The highest BCUT2D eigenvalue weighted by molar-refractivity contribution is 6.30. The second-order valence-electron chi connectivity index (χ2n) is 8.74. The van der Waals surface area contributed by atoms with Crippen LogP contribution in [0.15, 0.2) is 48.5 Å². The number of benzene rings is 2. The van der Waals surface area contributed by atoms with Gasteiger partial charge in [-0.05, 0) is 65.3 Å². The van der Waals surface area contributed by atoms with Gasteiger partial charge < -0.3 is 9.47 Å². The van der Waals surface area contributed by atoms with Crippen molar-refractivity contribution in [3.63, 3.8) is 0 Å². The van der Waals surface area contributed by atoms with E-state index in [0.717, 1.165) is 54.6 Å². The van der Waals surface area contributed by atoms with Crippen LogP contribution in [0.3, 0.4) is 0 Å². The van der Waals surface area contributed by atoms with Crippen molar-refractivity contribution < 1.29 is 19.1 Å². The number of ketones is 1. The van der Waals surface area contributed by atoms with Crippen LogP contribution in [0.5, 0.6) is 5.75 Å². The highest BCUT2D eigenvalue weighted by Crippen LogP contribution is 2.58. The topological polar surface area (TPSA) is 52.6 Å². The number of hydrogen-bond donors (Lipinski definition) is 0. The van der Waals surface area contributed by atoms with Gasteiger partial charge in [0.1, 0.15) is 5.75 Å². The van der Waals surface area contributed by atoms with Crippen molar-refractivity contribution >= 4 is 29.0 Å². The van der Waals surface area contributed by atoms with Gasteiger partial charge in [0.05, 0.1) is 14.2 Å². The number of unbranched alkanes of at least 4 members (excludes halogenated alkanes) is 1. The maximum Gasteiger partial charge on any atom is 0.330 e. The Morgan fingerprint density at radius 1 is 1.12 bits per heavy atom. The SMILES string of the molecule is CCCCC12CCC(=O)C(c3ccc(C=CC(=O)OC)cc3)=C1c1ccc(OC)cc1C2. The molecule has 2 aliphatic carbocycles. The Balaban J connectivity index is 1.82. The first-order valence-electron chi connectivity index (χ1n) is 11.3. The third kappa shape index (κ3) is 4.02. The molecule has 166 valence electrons. The number of rotatable bonds is 7. The highest BCUT2D eigenvalue weighted by Gasteiger charge is 2.46. The second kappa shape index (κ2) is 9.15. The summed E-state index contributed by atoms with van der Waals surface area (Å²) >= 11 is 0. The Hall–Kier alpha value is -3.14. The van der Waals surface area contributed by atoms with Crippen LogP contribution in [-0.2, 0) is 20.7 Å². The molecule has 0 aromatic heterocycles. The number of methoxy groups -OCH3 is 2. The Bertz CT molecular complexity index is 1090.